The van der Waals surface area contributed by atoms with E-state index in [4.69, 9.17) is 17.0 Å². The van der Waals surface area contributed by atoms with Crippen LogP contribution < -0.4 is 20.1 Å². The summed E-state index contributed by atoms with van der Waals surface area (Å²) in [4.78, 5) is 20.4. The van der Waals surface area contributed by atoms with Gasteiger partial charge in [0.2, 0.25) is 5.95 Å². The van der Waals surface area contributed by atoms with Crippen molar-refractivity contribution >= 4 is 76.8 Å². The average Bonchev–Trinajstić information content (AvgIpc) is 2.72. The Morgan fingerprint density at radius 3 is 2.26 bits per heavy atom. The third kappa shape index (κ3) is 7.69. The molecule has 0 atom stereocenters. The van der Waals surface area contributed by atoms with E-state index < -0.39 is 15.9 Å². The van der Waals surface area contributed by atoms with Gasteiger partial charge in [-0.3, -0.25) is 10.1 Å². The van der Waals surface area contributed by atoms with Crippen molar-refractivity contribution in [1.82, 2.24) is 15.3 Å². The number of carbonyl (C=O) groups is 1. The predicted octanol–water partition coefficient (Wildman–Crippen LogP) is 4.62. The second-order valence-corrected chi connectivity index (χ2v) is 11.3. The highest BCUT2D eigenvalue weighted by molar-refractivity contribution is 9.11. The molecule has 1 amide bonds. The Bertz CT molecular complexity index is 1340. The summed E-state index contributed by atoms with van der Waals surface area (Å²) in [5, 5.41) is 5.40. The molecule has 0 aliphatic rings. The molecule has 0 aliphatic carbocycles. The van der Waals surface area contributed by atoms with Crippen molar-refractivity contribution in [3.05, 3.63) is 68.4 Å². The van der Waals surface area contributed by atoms with E-state index in [1.807, 2.05) is 19.1 Å². The third-order valence-electron chi connectivity index (χ3n) is 4.43. The number of ether oxygens (including phenoxy) is 1. The largest absolute Gasteiger partial charge is 0.482 e. The SMILES string of the molecule is Cc1cc(C)nc(NS(=O)(=O)c2ccc(NC(=S)NC(=O)COc3c(C)cc(Br)cc3Br)cc2)n1. The lowest BCUT2D eigenvalue weighted by atomic mass is 10.2. The molecular weight excluding hydrogens is 622 g/mol. The molecule has 184 valence electrons. The smallest absolute Gasteiger partial charge is 0.264 e. The molecule has 35 heavy (non-hydrogen) atoms. The van der Waals surface area contributed by atoms with E-state index in [1.54, 1.807) is 19.9 Å². The van der Waals surface area contributed by atoms with Crippen molar-refractivity contribution in [3.8, 4) is 5.75 Å². The molecular formula is C22H21Br2N5O4S2. The number of anilines is 2. The number of rotatable bonds is 7. The lowest BCUT2D eigenvalue weighted by molar-refractivity contribution is -0.121. The summed E-state index contributed by atoms with van der Waals surface area (Å²) < 4.78 is 34.9. The van der Waals surface area contributed by atoms with Crippen LogP contribution >= 0.6 is 44.1 Å². The van der Waals surface area contributed by atoms with Crippen molar-refractivity contribution in [2.75, 3.05) is 16.6 Å². The van der Waals surface area contributed by atoms with Crippen LogP contribution in [-0.2, 0) is 14.8 Å². The van der Waals surface area contributed by atoms with Gasteiger partial charge in [0, 0.05) is 21.5 Å². The first-order chi connectivity index (χ1) is 16.4. The summed E-state index contributed by atoms with van der Waals surface area (Å²) in [6.45, 7) is 5.12. The highest BCUT2D eigenvalue weighted by Gasteiger charge is 2.16. The van der Waals surface area contributed by atoms with Crippen LogP contribution in [-0.4, -0.2) is 36.0 Å². The van der Waals surface area contributed by atoms with E-state index in [2.05, 4.69) is 57.2 Å². The van der Waals surface area contributed by atoms with Gasteiger partial charge in [0.05, 0.1) is 9.37 Å². The minimum absolute atomic E-state index is 0.00108. The molecule has 9 nitrogen and oxygen atoms in total. The molecule has 0 aliphatic heterocycles. The summed E-state index contributed by atoms with van der Waals surface area (Å²) in [6.07, 6.45) is 0. The maximum atomic E-state index is 12.6. The molecule has 0 bridgehead atoms. The zero-order chi connectivity index (χ0) is 25.8. The van der Waals surface area contributed by atoms with Gasteiger partial charge in [0.25, 0.3) is 15.9 Å². The van der Waals surface area contributed by atoms with Gasteiger partial charge in [0.15, 0.2) is 11.7 Å². The fraction of sp³-hybridized carbons (Fsp3) is 0.182. The number of aromatic nitrogens is 2. The number of nitrogens with one attached hydrogen (secondary N) is 3. The number of aryl methyl sites for hydroxylation is 3. The molecule has 13 heteroatoms. The minimum Gasteiger partial charge on any atom is -0.482 e. The van der Waals surface area contributed by atoms with Gasteiger partial charge in [-0.25, -0.2) is 23.1 Å². The molecule has 1 heterocycles. The highest BCUT2D eigenvalue weighted by atomic mass is 79.9. The number of hydrogen-bond acceptors (Lipinski definition) is 7. The number of thiocarbonyl (C=S) groups is 1. The van der Waals surface area contributed by atoms with Crippen molar-refractivity contribution in [2.45, 2.75) is 25.7 Å². The normalized spacial score (nSPS) is 11.0. The predicted molar refractivity (Wildman–Crippen MR) is 145 cm³/mol. The Balaban J connectivity index is 1.56. The second-order valence-electron chi connectivity index (χ2n) is 7.43. The van der Waals surface area contributed by atoms with Gasteiger partial charge in [-0.15, -0.1) is 0 Å². The van der Waals surface area contributed by atoms with Gasteiger partial charge in [-0.1, -0.05) is 15.9 Å². The molecule has 0 spiro atoms. The summed E-state index contributed by atoms with van der Waals surface area (Å²) in [5.41, 5.74) is 2.64. The zero-order valence-corrected chi connectivity index (χ0v) is 23.7. The number of benzene rings is 2. The van der Waals surface area contributed by atoms with Gasteiger partial charge >= 0.3 is 0 Å². The van der Waals surface area contributed by atoms with Crippen LogP contribution in [0.4, 0.5) is 11.6 Å². The van der Waals surface area contributed by atoms with E-state index in [1.165, 1.54) is 24.3 Å². The molecule has 0 radical (unpaired) electrons. The number of halogens is 2. The first-order valence-corrected chi connectivity index (χ1v) is 13.5. The quantitative estimate of drug-likeness (QED) is 0.319. The molecule has 3 aromatic rings. The highest BCUT2D eigenvalue weighted by Crippen LogP contribution is 2.32. The summed E-state index contributed by atoms with van der Waals surface area (Å²) in [7, 11) is -3.88. The van der Waals surface area contributed by atoms with Crippen LogP contribution in [0, 0.1) is 20.8 Å². The van der Waals surface area contributed by atoms with E-state index >= 15 is 0 Å². The van der Waals surface area contributed by atoms with Crippen LogP contribution in [0.25, 0.3) is 0 Å². The Kier molecular flexibility index (Phi) is 8.80. The summed E-state index contributed by atoms with van der Waals surface area (Å²) >= 11 is 12.0. The second kappa shape index (κ2) is 11.4. The lowest BCUT2D eigenvalue weighted by Gasteiger charge is -2.13. The molecule has 1 aromatic heterocycles. The fourth-order valence-corrected chi connectivity index (χ4v) is 5.73. The molecule has 0 unspecified atom stereocenters. The summed E-state index contributed by atoms with van der Waals surface area (Å²) in [5.74, 6) is 0.105. The average molecular weight is 643 g/mol. The number of sulfonamides is 1. The van der Waals surface area contributed by atoms with E-state index in [0.29, 0.717) is 27.3 Å². The fourth-order valence-electron chi connectivity index (χ4n) is 3.00. The first kappa shape index (κ1) is 27.0. The van der Waals surface area contributed by atoms with E-state index in [9.17, 15) is 13.2 Å². The number of nitrogens with zero attached hydrogens (tertiary/aromatic N) is 2. The molecule has 0 saturated carbocycles. The Morgan fingerprint density at radius 1 is 1.03 bits per heavy atom. The third-order valence-corrected chi connectivity index (χ3v) is 7.02. The van der Waals surface area contributed by atoms with Crippen LogP contribution in [0.2, 0.25) is 0 Å². The maximum Gasteiger partial charge on any atom is 0.264 e. The number of hydrogen-bond donors (Lipinski definition) is 3. The van der Waals surface area contributed by atoms with Crippen molar-refractivity contribution < 1.29 is 17.9 Å². The monoisotopic (exact) mass is 641 g/mol. The van der Waals surface area contributed by atoms with Gasteiger partial charge < -0.3 is 10.1 Å². The van der Waals surface area contributed by atoms with E-state index in [-0.39, 0.29) is 22.6 Å². The van der Waals surface area contributed by atoms with E-state index in [0.717, 1.165) is 10.0 Å². The van der Waals surface area contributed by atoms with Crippen LogP contribution in [0.15, 0.2) is 56.3 Å². The van der Waals surface area contributed by atoms with Gasteiger partial charge in [-0.05, 0) is 96.9 Å². The van der Waals surface area contributed by atoms with Gasteiger partial charge in [-0.2, -0.15) is 0 Å². The molecule has 3 N–H and O–H groups in total. The van der Waals surface area contributed by atoms with Gasteiger partial charge in [0.1, 0.15) is 5.75 Å². The Morgan fingerprint density at radius 2 is 1.66 bits per heavy atom. The minimum atomic E-state index is -3.88. The topological polar surface area (TPSA) is 122 Å². The molecule has 0 saturated heterocycles. The maximum absolute atomic E-state index is 12.6. The van der Waals surface area contributed by atoms with Crippen LogP contribution in [0.1, 0.15) is 17.0 Å². The first-order valence-electron chi connectivity index (χ1n) is 10.1. The van der Waals surface area contributed by atoms with Crippen molar-refractivity contribution in [2.24, 2.45) is 0 Å². The molecule has 3 rings (SSSR count). The zero-order valence-electron chi connectivity index (χ0n) is 18.8. The Hall–Kier alpha value is -2.61. The number of amides is 1. The standard InChI is InChI=1S/C22H21Br2N5O4S2/c1-12-8-15(23)10-18(24)20(12)33-11-19(30)28-22(34)27-16-4-6-17(7-5-16)35(31,32)29-21-25-13(2)9-14(3)26-21/h4-10H,11H2,1-3H3,(H,25,26,29)(H2,27,28,30,34). The van der Waals surface area contributed by atoms with Crippen molar-refractivity contribution in [3.63, 3.8) is 0 Å². The molecule has 2 aromatic carbocycles. The Labute approximate surface area is 225 Å². The van der Waals surface area contributed by atoms with Crippen LogP contribution in [0.5, 0.6) is 5.75 Å². The lowest BCUT2D eigenvalue weighted by Crippen LogP contribution is -2.37. The van der Waals surface area contributed by atoms with Crippen LogP contribution in [0.3, 0.4) is 0 Å². The summed E-state index contributed by atoms with van der Waals surface area (Å²) in [6, 6.07) is 11.3. The number of carbonyl (C=O) groups excluding carboxylic acids is 1. The molecule has 0 fully saturated rings. The van der Waals surface area contributed by atoms with Crippen molar-refractivity contribution in [1.29, 1.82) is 0 Å².